The number of hydrogen-bond donors (Lipinski definition) is 1. The summed E-state index contributed by atoms with van der Waals surface area (Å²) < 4.78 is 0. The summed E-state index contributed by atoms with van der Waals surface area (Å²) in [6.45, 7) is 1.24. The highest BCUT2D eigenvalue weighted by molar-refractivity contribution is 5.93. The summed E-state index contributed by atoms with van der Waals surface area (Å²) in [6, 6.07) is 0. The Morgan fingerprint density at radius 3 is 1.62 bits per heavy atom. The summed E-state index contributed by atoms with van der Waals surface area (Å²) in [7, 11) is 0. The van der Waals surface area contributed by atoms with E-state index in [1.54, 1.807) is 12.6 Å². The Morgan fingerprint density at radius 1 is 1.15 bits per heavy atom. The molecule has 5 heteroatoms. The number of ketones is 1. The lowest BCUT2D eigenvalue weighted by Gasteiger charge is -1.80. The van der Waals surface area contributed by atoms with Gasteiger partial charge in [0.2, 0.25) is 0 Å². The van der Waals surface area contributed by atoms with Crippen LogP contribution in [0.1, 0.15) is 26.2 Å². The van der Waals surface area contributed by atoms with E-state index in [-0.39, 0.29) is 25.0 Å². The fourth-order valence-electron chi connectivity index (χ4n) is 0.315. The molecule has 0 aliphatic heterocycles. The van der Waals surface area contributed by atoms with Crippen molar-refractivity contribution in [1.29, 1.82) is 0 Å². The van der Waals surface area contributed by atoms with Gasteiger partial charge in [-0.2, -0.15) is 0 Å². The molecule has 0 aromatic carbocycles. The summed E-state index contributed by atoms with van der Waals surface area (Å²) in [6.07, 6.45) is 3.12. The molecule has 0 aliphatic rings. The number of carboxylic acid groups (broad SMARTS) is 1. The normalized spacial score (nSPS) is 7.77. The Morgan fingerprint density at radius 2 is 1.54 bits per heavy atom. The molecule has 0 saturated heterocycles. The summed E-state index contributed by atoms with van der Waals surface area (Å²) >= 11 is 0. The molecule has 13 heavy (non-hydrogen) atoms. The molecule has 0 aromatic rings. The molecule has 0 rings (SSSR count). The zero-order valence-corrected chi connectivity index (χ0v) is 7.20. The van der Waals surface area contributed by atoms with Gasteiger partial charge in [0, 0.05) is 12.8 Å². The average Bonchev–Trinajstić information content (AvgIpc) is 1.99. The minimum atomic E-state index is -1.06. The Bertz CT molecular complexity index is 165. The topological polar surface area (TPSA) is 88.5 Å². The predicted molar refractivity (Wildman–Crippen MR) is 43.6 cm³/mol. The molecule has 0 amide bonds. The second kappa shape index (κ2) is 10.5. The van der Waals surface area contributed by atoms with Gasteiger partial charge in [-0.05, 0) is 6.92 Å². The lowest BCUT2D eigenvalue weighted by molar-refractivity contribution is -0.139. The zero-order valence-electron chi connectivity index (χ0n) is 7.20. The van der Waals surface area contributed by atoms with Crippen molar-refractivity contribution >= 4 is 24.3 Å². The van der Waals surface area contributed by atoms with Crippen LogP contribution in [0.15, 0.2) is 0 Å². The molecule has 0 bridgehead atoms. The van der Waals surface area contributed by atoms with E-state index in [0.717, 1.165) is 0 Å². The monoisotopic (exact) mass is 186 g/mol. The van der Waals surface area contributed by atoms with E-state index >= 15 is 0 Å². The van der Waals surface area contributed by atoms with Gasteiger partial charge in [-0.3, -0.25) is 19.2 Å². The molecule has 0 aromatic heterocycles. The van der Waals surface area contributed by atoms with Crippen LogP contribution in [-0.2, 0) is 19.2 Å². The molecule has 0 unspecified atom stereocenters. The lowest BCUT2D eigenvalue weighted by Crippen LogP contribution is -2.00. The van der Waals surface area contributed by atoms with Crippen molar-refractivity contribution in [3.05, 3.63) is 0 Å². The van der Waals surface area contributed by atoms with Gasteiger partial charge in [-0.1, -0.05) is 0 Å². The van der Waals surface area contributed by atoms with E-state index < -0.39 is 5.97 Å². The third kappa shape index (κ3) is 25.1. The predicted octanol–water partition coefficient (Wildman–Crippen LogP) is 0.0361. The smallest absolute Gasteiger partial charge is 0.310 e. The number of carbonyl (C=O) groups is 2. The summed E-state index contributed by atoms with van der Waals surface area (Å²) in [5.74, 6) is -1.37. The average molecular weight is 186 g/mol. The van der Waals surface area contributed by atoms with Crippen LogP contribution in [0.5, 0.6) is 0 Å². The van der Waals surface area contributed by atoms with E-state index in [4.69, 9.17) is 5.11 Å². The second-order valence-corrected chi connectivity index (χ2v) is 2.06. The van der Waals surface area contributed by atoms with Crippen LogP contribution in [0.2, 0.25) is 0 Å². The van der Waals surface area contributed by atoms with Crippen molar-refractivity contribution in [3.63, 3.8) is 0 Å². The number of rotatable bonds is 5. The molecule has 1 N–H and O–H groups in total. The first-order valence-corrected chi connectivity index (χ1v) is 3.45. The first kappa shape index (κ1) is 14.0. The summed E-state index contributed by atoms with van der Waals surface area (Å²) in [5, 5.41) is 7.86. The molecule has 0 aliphatic carbocycles. The van der Waals surface area contributed by atoms with Crippen LogP contribution < -0.4 is 0 Å². The van der Waals surface area contributed by atoms with E-state index in [1.165, 1.54) is 6.92 Å². The van der Waals surface area contributed by atoms with Gasteiger partial charge < -0.3 is 5.11 Å². The maximum absolute atomic E-state index is 9.87. The van der Waals surface area contributed by atoms with E-state index in [9.17, 15) is 19.2 Å². The number of carboxylic acids is 1. The van der Waals surface area contributed by atoms with Crippen LogP contribution in [0.4, 0.5) is 0 Å². The molecular formula is C8H10O5. The van der Waals surface area contributed by atoms with Crippen molar-refractivity contribution in [2.45, 2.75) is 26.2 Å². The summed E-state index contributed by atoms with van der Waals surface area (Å²) in [5.41, 5.74) is 0. The van der Waals surface area contributed by atoms with Gasteiger partial charge in [0.25, 0.3) is 0 Å². The summed E-state index contributed by atoms with van der Waals surface area (Å²) in [4.78, 5) is 38.0. The highest BCUT2D eigenvalue weighted by Gasteiger charge is 1.98. The molecule has 72 valence electrons. The molecule has 0 heterocycles. The van der Waals surface area contributed by atoms with Crippen LogP contribution in [0.25, 0.3) is 0 Å². The Hall–Kier alpha value is -1.52. The third-order valence-corrected chi connectivity index (χ3v) is 0.729. The maximum atomic E-state index is 9.87. The fourth-order valence-corrected chi connectivity index (χ4v) is 0.315. The van der Waals surface area contributed by atoms with Gasteiger partial charge in [0.1, 0.15) is 12.2 Å². The number of unbranched alkanes of at least 4 members (excludes halogenated alkanes) is 1. The number of carbonyl (C=O) groups excluding carboxylic acids is 3. The van der Waals surface area contributed by atoms with E-state index in [2.05, 4.69) is 0 Å². The highest BCUT2D eigenvalue weighted by Crippen LogP contribution is 1.77. The van der Waals surface area contributed by atoms with Gasteiger partial charge in [0.05, 0.1) is 0 Å². The van der Waals surface area contributed by atoms with Gasteiger partial charge >= 0.3 is 5.97 Å². The van der Waals surface area contributed by atoms with Crippen LogP contribution in [0.3, 0.4) is 0 Å². The zero-order chi connectivity index (χ0) is 10.7. The standard InChI is InChI=1S/C4H6O3.C4H4O2/c1-3(5)2-4(6)7;5-3-1-2-4-6/h2H2,1H3,(H,6,7);1-2H2. The SMILES string of the molecule is CC(=O)CC(=O)O.O=[C]CC[C]=O. The second-order valence-electron chi connectivity index (χ2n) is 2.06. The third-order valence-electron chi connectivity index (χ3n) is 0.729. The molecule has 0 spiro atoms. The lowest BCUT2D eigenvalue weighted by atomic mass is 10.3. The molecule has 0 atom stereocenters. The molecule has 2 radical (unpaired) electrons. The van der Waals surface area contributed by atoms with E-state index in [1.807, 2.05) is 0 Å². The van der Waals surface area contributed by atoms with Crippen LogP contribution in [-0.4, -0.2) is 29.4 Å². The van der Waals surface area contributed by atoms with Crippen LogP contribution >= 0.6 is 0 Å². The van der Waals surface area contributed by atoms with Crippen molar-refractivity contribution in [1.82, 2.24) is 0 Å². The number of hydrogen-bond acceptors (Lipinski definition) is 4. The van der Waals surface area contributed by atoms with Crippen LogP contribution in [0, 0.1) is 0 Å². The number of aliphatic carboxylic acids is 1. The van der Waals surface area contributed by atoms with E-state index in [0.29, 0.717) is 0 Å². The molecular weight excluding hydrogens is 176 g/mol. The highest BCUT2D eigenvalue weighted by atomic mass is 16.4. The first-order chi connectivity index (χ1) is 6.04. The van der Waals surface area contributed by atoms with Crippen molar-refractivity contribution < 1.29 is 24.3 Å². The Labute approximate surface area is 75.7 Å². The van der Waals surface area contributed by atoms with Gasteiger partial charge in [-0.25, -0.2) is 0 Å². The first-order valence-electron chi connectivity index (χ1n) is 3.45. The van der Waals surface area contributed by atoms with Crippen molar-refractivity contribution in [2.75, 3.05) is 0 Å². The minimum Gasteiger partial charge on any atom is -0.481 e. The molecule has 5 nitrogen and oxygen atoms in total. The van der Waals surface area contributed by atoms with Gasteiger partial charge in [-0.15, -0.1) is 0 Å². The maximum Gasteiger partial charge on any atom is 0.310 e. The largest absolute Gasteiger partial charge is 0.481 e. The molecule has 0 fully saturated rings. The van der Waals surface area contributed by atoms with Crippen molar-refractivity contribution in [2.24, 2.45) is 0 Å². The van der Waals surface area contributed by atoms with Crippen molar-refractivity contribution in [3.8, 4) is 0 Å². The molecule has 0 saturated carbocycles. The number of Topliss-reactive ketones (excluding diaryl/α,β-unsaturated/α-hetero) is 1. The van der Waals surface area contributed by atoms with Gasteiger partial charge in [0.15, 0.2) is 12.6 Å². The fraction of sp³-hybridized carbons (Fsp3) is 0.500. The minimum absolute atomic E-state index is 0.184. The Balaban J connectivity index is 0. The quantitative estimate of drug-likeness (QED) is 0.483. The Kier molecular flexibility index (Phi) is 11.3.